The summed E-state index contributed by atoms with van der Waals surface area (Å²) < 4.78 is 7.46. The molecule has 3 heterocycles. The first-order valence-electron chi connectivity index (χ1n) is 30.1. The van der Waals surface area contributed by atoms with Crippen LogP contribution in [0.3, 0.4) is 0 Å². The number of hydrogen-bond acceptors (Lipinski definition) is 2. The van der Waals surface area contributed by atoms with Crippen molar-refractivity contribution in [3.05, 3.63) is 294 Å². The Morgan fingerprint density at radius 2 is 0.765 bits per heavy atom. The number of hydrogen-bond donors (Lipinski definition) is 0. The zero-order valence-electron chi connectivity index (χ0n) is 48.8. The molecule has 402 valence electrons. The van der Waals surface area contributed by atoms with Crippen molar-refractivity contribution in [2.24, 2.45) is 0 Å². The first-order valence-corrected chi connectivity index (χ1v) is 32.1. The molecule has 0 saturated carbocycles. The number of benzene rings is 13. The average Bonchev–Trinajstić information content (AvgIpc) is 1.46. The average molecular weight is 1100 g/mol. The van der Waals surface area contributed by atoms with Gasteiger partial charge in [-0.25, -0.2) is 0 Å². The van der Waals surface area contributed by atoms with Crippen LogP contribution in [0.4, 0.5) is 17.1 Å². The lowest BCUT2D eigenvalue weighted by molar-refractivity contribution is 0.671. The molecule has 0 bridgehead atoms. The molecule has 0 atom stereocenters. The summed E-state index contributed by atoms with van der Waals surface area (Å²) in [5, 5.41) is 12.6. The zero-order chi connectivity index (χ0) is 57.2. The largest absolute Gasteiger partial charge is 0.457 e. The van der Waals surface area contributed by atoms with E-state index in [9.17, 15) is 0 Å². The second kappa shape index (κ2) is 19.7. The van der Waals surface area contributed by atoms with Crippen LogP contribution in [0.15, 0.2) is 265 Å². The van der Waals surface area contributed by atoms with Gasteiger partial charge in [-0.05, 0) is 146 Å². The van der Waals surface area contributed by atoms with Crippen LogP contribution in [0.25, 0.3) is 65.7 Å². The summed E-state index contributed by atoms with van der Waals surface area (Å²) in [5.74, 6) is 0. The second-order valence-electron chi connectivity index (χ2n) is 24.1. The number of anilines is 3. The summed E-state index contributed by atoms with van der Waals surface area (Å²) in [6, 6.07) is 99.5. The smallest absolute Gasteiger partial charge is 0.252 e. The molecule has 0 saturated heterocycles. The first kappa shape index (κ1) is 51.0. The molecule has 5 heteroatoms. The minimum Gasteiger partial charge on any atom is -0.457 e. The van der Waals surface area contributed by atoms with Crippen molar-refractivity contribution in [2.45, 2.75) is 41.5 Å². The Morgan fingerprint density at radius 3 is 1.28 bits per heavy atom. The fraction of sp³-hybridized carbons (Fsp3) is 0.0750. The maximum atomic E-state index is 7.46. The van der Waals surface area contributed by atoms with Crippen molar-refractivity contribution in [3.63, 3.8) is 0 Å². The van der Waals surface area contributed by atoms with Gasteiger partial charge in [-0.2, -0.15) is 0 Å². The number of para-hydroxylation sites is 2. The highest BCUT2D eigenvalue weighted by Gasteiger charge is 2.51. The van der Waals surface area contributed by atoms with Crippen LogP contribution in [0, 0.1) is 41.5 Å². The molecule has 16 rings (SSSR count). The quantitative estimate of drug-likeness (QED) is 0.0856. The molecular weight excluding hydrogens is 1040 g/mol. The number of fused-ring (bicyclic) bond motifs is 10. The van der Waals surface area contributed by atoms with E-state index in [4.69, 9.17) is 4.42 Å². The number of aryl methyl sites for hydroxylation is 6. The van der Waals surface area contributed by atoms with E-state index in [0.717, 1.165) is 27.6 Å². The van der Waals surface area contributed by atoms with Crippen LogP contribution >= 0.6 is 0 Å². The zero-order valence-corrected chi connectivity index (χ0v) is 49.8. The van der Waals surface area contributed by atoms with E-state index in [1.807, 2.05) is 0 Å². The van der Waals surface area contributed by atoms with Crippen LogP contribution in [-0.2, 0) is 0 Å². The fourth-order valence-electron chi connectivity index (χ4n) is 16.1. The van der Waals surface area contributed by atoms with Gasteiger partial charge < -0.3 is 9.32 Å². The van der Waals surface area contributed by atoms with E-state index in [2.05, 4.69) is 307 Å². The van der Waals surface area contributed by atoms with Crippen LogP contribution in [-0.4, -0.2) is 21.5 Å². The van der Waals surface area contributed by atoms with E-state index in [-0.39, 0.29) is 13.4 Å². The topological polar surface area (TPSA) is 16.4 Å². The van der Waals surface area contributed by atoms with Gasteiger partial charge in [0.1, 0.15) is 11.2 Å². The van der Waals surface area contributed by atoms with Crippen LogP contribution in [0.2, 0.25) is 0 Å². The molecule has 0 spiro atoms. The minimum absolute atomic E-state index is 0.159. The Bertz CT molecular complexity index is 4830. The second-order valence-corrected chi connectivity index (χ2v) is 27.9. The third-order valence-corrected chi connectivity index (χ3v) is 23.9. The molecule has 2 nitrogen and oxygen atoms in total. The molecule has 85 heavy (non-hydrogen) atoms. The van der Waals surface area contributed by atoms with Crippen molar-refractivity contribution in [1.29, 1.82) is 0 Å². The van der Waals surface area contributed by atoms with Crippen molar-refractivity contribution >= 4 is 136 Å². The van der Waals surface area contributed by atoms with Gasteiger partial charge >= 0.3 is 0 Å². The molecular formula is C80H61B2NOSi. The summed E-state index contributed by atoms with van der Waals surface area (Å²) in [6.45, 7) is 13.5. The van der Waals surface area contributed by atoms with Gasteiger partial charge in [0.15, 0.2) is 8.07 Å². The monoisotopic (exact) mass is 1100 g/mol. The molecule has 0 amide bonds. The lowest BCUT2D eigenvalue weighted by Gasteiger charge is -2.47. The first-order chi connectivity index (χ1) is 41.7. The van der Waals surface area contributed by atoms with E-state index in [0.29, 0.717) is 0 Å². The fourth-order valence-corrected chi connectivity index (χ4v) is 21.1. The lowest BCUT2D eigenvalue weighted by Crippen LogP contribution is -2.76. The van der Waals surface area contributed by atoms with Crippen molar-refractivity contribution in [2.75, 3.05) is 4.90 Å². The highest BCUT2D eigenvalue weighted by atomic mass is 28.3. The molecule has 0 radical (unpaired) electrons. The summed E-state index contributed by atoms with van der Waals surface area (Å²) in [6.07, 6.45) is 0. The Kier molecular flexibility index (Phi) is 11.8. The molecule has 0 aliphatic carbocycles. The van der Waals surface area contributed by atoms with Crippen molar-refractivity contribution < 1.29 is 4.42 Å². The highest BCUT2D eigenvalue weighted by molar-refractivity contribution is 7.21. The Hall–Kier alpha value is -9.67. The highest BCUT2D eigenvalue weighted by Crippen LogP contribution is 2.46. The van der Waals surface area contributed by atoms with E-state index >= 15 is 0 Å². The van der Waals surface area contributed by atoms with E-state index in [1.54, 1.807) is 0 Å². The SMILES string of the molecule is Cc1cc(C)c(B2c3cc(-c4c5ccccc5c(-c5ccccc5)c5ccccc45)cc4c3N(c3ccc5c(oc6ccccc65)c3B4c3c(C)cc(C)cc3C)c3c2cccc3[Si](c2ccccc2)(c2ccccc2)c2ccccc2)c(C)c1. The van der Waals surface area contributed by atoms with Gasteiger partial charge in [0.2, 0.25) is 6.71 Å². The Balaban J connectivity index is 1.14. The summed E-state index contributed by atoms with van der Waals surface area (Å²) >= 11 is 0. The van der Waals surface area contributed by atoms with Crippen molar-refractivity contribution in [1.82, 2.24) is 0 Å². The van der Waals surface area contributed by atoms with Gasteiger partial charge in [0, 0.05) is 27.8 Å². The summed E-state index contributed by atoms with van der Waals surface area (Å²) in [4.78, 5) is 2.76. The van der Waals surface area contributed by atoms with E-state index in [1.165, 1.54) is 142 Å². The number of nitrogens with zero attached hydrogens (tertiary/aromatic N) is 1. The molecule has 13 aromatic carbocycles. The molecule has 14 aromatic rings. The van der Waals surface area contributed by atoms with Gasteiger partial charge in [0.25, 0.3) is 6.71 Å². The van der Waals surface area contributed by atoms with E-state index < -0.39 is 8.07 Å². The summed E-state index contributed by atoms with van der Waals surface area (Å²) in [7, 11) is -3.25. The molecule has 1 aromatic heterocycles. The third kappa shape index (κ3) is 7.59. The standard InChI is InChI=1S/C80H61B2NOSi/c1-50-44-52(3)75(53(4)45-50)81-67-39-25-41-72(85(58-28-13-8-14-29-58,59-30-15-9-16-31-59)60-32-17-10-18-33-60)79(67)83-70-43-42-66-61-34-23-24-40-71(61)84-80(66)77(70)82(76-54(5)46-51(2)47-55(76)6)69-49-57(48-68(81)78(69)83)74-64-37-21-19-35-62(64)73(56-26-11-7-12-27-56)63-36-20-22-38-65(63)74/h7-49H,1-6H3. The van der Waals surface area contributed by atoms with Crippen LogP contribution in [0.5, 0.6) is 0 Å². The molecule has 0 N–H and O–H groups in total. The van der Waals surface area contributed by atoms with Gasteiger partial charge in [-0.1, -0.05) is 287 Å². The van der Waals surface area contributed by atoms with Gasteiger partial charge in [-0.3, -0.25) is 0 Å². The lowest BCUT2D eigenvalue weighted by atomic mass is 9.29. The minimum atomic E-state index is -3.25. The van der Waals surface area contributed by atoms with Crippen molar-refractivity contribution in [3.8, 4) is 22.3 Å². The molecule has 0 unspecified atom stereocenters. The molecule has 0 fully saturated rings. The summed E-state index contributed by atoms with van der Waals surface area (Å²) in [5.41, 5.74) is 25.9. The maximum Gasteiger partial charge on any atom is 0.252 e. The third-order valence-electron chi connectivity index (χ3n) is 19.1. The normalized spacial score (nSPS) is 12.8. The molecule has 2 aliphatic heterocycles. The molecule has 2 aliphatic rings. The number of rotatable bonds is 8. The maximum absolute atomic E-state index is 7.46. The number of furan rings is 1. The van der Waals surface area contributed by atoms with Crippen LogP contribution < -0.4 is 58.4 Å². The van der Waals surface area contributed by atoms with Gasteiger partial charge in [-0.15, -0.1) is 0 Å². The predicted molar refractivity (Wildman–Crippen MR) is 369 cm³/mol. The van der Waals surface area contributed by atoms with Gasteiger partial charge in [0.05, 0.1) is 0 Å². The van der Waals surface area contributed by atoms with Crippen LogP contribution in [0.1, 0.15) is 33.4 Å². The Labute approximate surface area is 499 Å². The Morgan fingerprint density at radius 1 is 0.329 bits per heavy atom. The predicted octanol–water partition coefficient (Wildman–Crippen LogP) is 13.6.